The summed E-state index contributed by atoms with van der Waals surface area (Å²) in [6.07, 6.45) is -0.180. The highest BCUT2D eigenvalue weighted by atomic mass is 35.5. The number of rotatable bonds is 5. The molecule has 2 N–H and O–H groups in total. The first-order valence-electron chi connectivity index (χ1n) is 6.93. The number of hydrogen-bond donors (Lipinski definition) is 1. The van der Waals surface area contributed by atoms with Crippen molar-refractivity contribution in [1.82, 2.24) is 0 Å². The van der Waals surface area contributed by atoms with Crippen molar-refractivity contribution in [3.05, 3.63) is 58.6 Å². The predicted molar refractivity (Wildman–Crippen MR) is 87.2 cm³/mol. The van der Waals surface area contributed by atoms with E-state index in [1.54, 1.807) is 38.1 Å². The third-order valence-electron chi connectivity index (χ3n) is 2.88. The van der Waals surface area contributed by atoms with Crippen molar-refractivity contribution < 1.29 is 14.3 Å². The molecular weight excluding hydrogens is 302 g/mol. The molecule has 22 heavy (non-hydrogen) atoms. The smallest absolute Gasteiger partial charge is 0.338 e. The minimum Gasteiger partial charge on any atom is -0.487 e. The molecule has 0 saturated heterocycles. The fourth-order valence-electron chi connectivity index (χ4n) is 1.86. The Morgan fingerprint density at radius 3 is 2.68 bits per heavy atom. The number of carbonyl (C=O) groups excluding carboxylic acids is 1. The van der Waals surface area contributed by atoms with E-state index in [9.17, 15) is 4.79 Å². The molecule has 4 nitrogen and oxygen atoms in total. The first kappa shape index (κ1) is 16.2. The monoisotopic (exact) mass is 319 g/mol. The molecule has 0 aliphatic heterocycles. The molecule has 0 amide bonds. The number of nitrogen functional groups attached to an aromatic ring is 1. The Balaban J connectivity index is 2.11. The lowest BCUT2D eigenvalue weighted by atomic mass is 10.2. The van der Waals surface area contributed by atoms with Crippen LogP contribution in [0.4, 0.5) is 5.69 Å². The van der Waals surface area contributed by atoms with Gasteiger partial charge in [-0.15, -0.1) is 0 Å². The van der Waals surface area contributed by atoms with Gasteiger partial charge < -0.3 is 15.2 Å². The van der Waals surface area contributed by atoms with Crippen LogP contribution in [0.2, 0.25) is 5.02 Å². The summed E-state index contributed by atoms with van der Waals surface area (Å²) in [4.78, 5) is 11.9. The molecular formula is C17H18ClNO3. The highest BCUT2D eigenvalue weighted by molar-refractivity contribution is 6.30. The van der Waals surface area contributed by atoms with Gasteiger partial charge in [-0.2, -0.15) is 0 Å². The maximum Gasteiger partial charge on any atom is 0.338 e. The second-order valence-corrected chi connectivity index (χ2v) is 5.56. The van der Waals surface area contributed by atoms with E-state index in [-0.39, 0.29) is 6.10 Å². The molecule has 2 rings (SSSR count). The van der Waals surface area contributed by atoms with E-state index in [0.29, 0.717) is 28.6 Å². The Morgan fingerprint density at radius 1 is 1.23 bits per heavy atom. The molecule has 0 atom stereocenters. The average Bonchev–Trinajstić information content (AvgIpc) is 2.45. The summed E-state index contributed by atoms with van der Waals surface area (Å²) in [7, 11) is 0. The summed E-state index contributed by atoms with van der Waals surface area (Å²) < 4.78 is 10.8. The van der Waals surface area contributed by atoms with Gasteiger partial charge in [0.2, 0.25) is 0 Å². The number of anilines is 1. The predicted octanol–water partition coefficient (Wildman–Crippen LogP) is 4.07. The molecule has 0 unspecified atom stereocenters. The van der Waals surface area contributed by atoms with Crippen molar-refractivity contribution in [3.8, 4) is 5.75 Å². The van der Waals surface area contributed by atoms with Crippen molar-refractivity contribution in [2.75, 3.05) is 5.73 Å². The first-order valence-corrected chi connectivity index (χ1v) is 7.31. The molecule has 0 heterocycles. The van der Waals surface area contributed by atoms with Gasteiger partial charge in [-0.25, -0.2) is 4.79 Å². The van der Waals surface area contributed by atoms with E-state index in [0.717, 1.165) is 5.56 Å². The van der Waals surface area contributed by atoms with Gasteiger partial charge in [-0.3, -0.25) is 0 Å². The zero-order valence-electron chi connectivity index (χ0n) is 12.5. The van der Waals surface area contributed by atoms with Crippen LogP contribution in [0.3, 0.4) is 0 Å². The number of nitrogens with two attached hydrogens (primary N) is 1. The van der Waals surface area contributed by atoms with Gasteiger partial charge >= 0.3 is 5.97 Å². The van der Waals surface area contributed by atoms with Gasteiger partial charge in [0.25, 0.3) is 0 Å². The maximum atomic E-state index is 11.9. The van der Waals surface area contributed by atoms with Crippen LogP contribution < -0.4 is 10.5 Å². The van der Waals surface area contributed by atoms with Gasteiger partial charge in [-0.05, 0) is 49.7 Å². The molecule has 2 aromatic carbocycles. The van der Waals surface area contributed by atoms with Crippen molar-refractivity contribution in [3.63, 3.8) is 0 Å². The molecule has 0 fully saturated rings. The Morgan fingerprint density at radius 2 is 2.00 bits per heavy atom. The fraction of sp³-hybridized carbons (Fsp3) is 0.235. The number of benzene rings is 2. The summed E-state index contributed by atoms with van der Waals surface area (Å²) in [5, 5.41) is 0.642. The van der Waals surface area contributed by atoms with E-state index in [1.807, 2.05) is 18.2 Å². The van der Waals surface area contributed by atoms with Crippen molar-refractivity contribution in [2.24, 2.45) is 0 Å². The van der Waals surface area contributed by atoms with E-state index >= 15 is 0 Å². The topological polar surface area (TPSA) is 61.5 Å². The Hall–Kier alpha value is -2.20. The van der Waals surface area contributed by atoms with Gasteiger partial charge in [0, 0.05) is 5.02 Å². The van der Waals surface area contributed by atoms with Crippen LogP contribution in [0, 0.1) is 0 Å². The van der Waals surface area contributed by atoms with E-state index in [4.69, 9.17) is 26.8 Å². The van der Waals surface area contributed by atoms with Crippen LogP contribution in [0.15, 0.2) is 42.5 Å². The van der Waals surface area contributed by atoms with Crippen LogP contribution in [-0.4, -0.2) is 12.1 Å². The van der Waals surface area contributed by atoms with Gasteiger partial charge in [-0.1, -0.05) is 23.7 Å². The lowest BCUT2D eigenvalue weighted by molar-refractivity contribution is 0.0377. The van der Waals surface area contributed by atoms with Crippen LogP contribution in [0.25, 0.3) is 0 Å². The Bertz CT molecular complexity index is 671. The van der Waals surface area contributed by atoms with Gasteiger partial charge in [0.1, 0.15) is 12.4 Å². The van der Waals surface area contributed by atoms with E-state index in [2.05, 4.69) is 0 Å². The van der Waals surface area contributed by atoms with Crippen LogP contribution in [0.1, 0.15) is 29.8 Å². The quantitative estimate of drug-likeness (QED) is 0.666. The molecule has 0 aromatic heterocycles. The SMILES string of the molecule is CC(C)OC(=O)c1ccc(N)c(OCc2cccc(Cl)c2)c1. The standard InChI is InChI=1S/C17H18ClNO3/c1-11(2)22-17(20)13-6-7-15(19)16(9-13)21-10-12-4-3-5-14(18)8-12/h3-9,11H,10,19H2,1-2H3. The van der Waals surface area contributed by atoms with E-state index < -0.39 is 5.97 Å². The number of ether oxygens (including phenoxy) is 2. The minimum atomic E-state index is -0.400. The number of esters is 1. The minimum absolute atomic E-state index is 0.180. The third-order valence-corrected chi connectivity index (χ3v) is 3.11. The molecule has 0 radical (unpaired) electrons. The normalized spacial score (nSPS) is 10.5. The number of carbonyl (C=O) groups is 1. The molecule has 0 saturated carbocycles. The van der Waals surface area contributed by atoms with Crippen molar-refractivity contribution >= 4 is 23.3 Å². The molecule has 0 aliphatic carbocycles. The van der Waals surface area contributed by atoms with Crippen molar-refractivity contribution in [2.45, 2.75) is 26.6 Å². The largest absolute Gasteiger partial charge is 0.487 e. The molecule has 0 spiro atoms. The second-order valence-electron chi connectivity index (χ2n) is 5.13. The second kappa shape index (κ2) is 7.18. The third kappa shape index (κ3) is 4.40. The summed E-state index contributed by atoms with van der Waals surface area (Å²) in [6, 6.07) is 12.2. The molecule has 5 heteroatoms. The van der Waals surface area contributed by atoms with Gasteiger partial charge in [0.05, 0.1) is 17.4 Å². The number of hydrogen-bond acceptors (Lipinski definition) is 4. The van der Waals surface area contributed by atoms with Crippen LogP contribution in [0.5, 0.6) is 5.75 Å². The average molecular weight is 320 g/mol. The van der Waals surface area contributed by atoms with Crippen molar-refractivity contribution in [1.29, 1.82) is 0 Å². The summed E-state index contributed by atoms with van der Waals surface area (Å²) in [6.45, 7) is 3.91. The summed E-state index contributed by atoms with van der Waals surface area (Å²) >= 11 is 5.93. The summed E-state index contributed by atoms with van der Waals surface area (Å²) in [5.74, 6) is 0.0424. The van der Waals surface area contributed by atoms with E-state index in [1.165, 1.54) is 0 Å². The molecule has 0 aliphatic rings. The lowest BCUT2D eigenvalue weighted by Crippen LogP contribution is -2.12. The zero-order chi connectivity index (χ0) is 16.1. The fourth-order valence-corrected chi connectivity index (χ4v) is 2.07. The number of halogens is 1. The van der Waals surface area contributed by atoms with Crippen LogP contribution in [-0.2, 0) is 11.3 Å². The van der Waals surface area contributed by atoms with Gasteiger partial charge in [0.15, 0.2) is 0 Å². The molecule has 2 aromatic rings. The maximum absolute atomic E-state index is 11.9. The van der Waals surface area contributed by atoms with Crippen LogP contribution >= 0.6 is 11.6 Å². The summed E-state index contributed by atoms with van der Waals surface area (Å²) in [5.41, 5.74) is 7.67. The first-order chi connectivity index (χ1) is 10.5. The lowest BCUT2D eigenvalue weighted by Gasteiger charge is -2.12. The highest BCUT2D eigenvalue weighted by Crippen LogP contribution is 2.25. The molecule has 0 bridgehead atoms. The zero-order valence-corrected chi connectivity index (χ0v) is 13.3. The highest BCUT2D eigenvalue weighted by Gasteiger charge is 2.12. The Labute approximate surface area is 134 Å². The Kier molecular flexibility index (Phi) is 5.28. The molecule has 116 valence electrons.